The van der Waals surface area contributed by atoms with Crippen LogP contribution in [0.15, 0.2) is 16.9 Å². The quantitative estimate of drug-likeness (QED) is 0.791. The molecule has 7 nitrogen and oxygen atoms in total. The van der Waals surface area contributed by atoms with Gasteiger partial charge >= 0.3 is 0 Å². The lowest BCUT2D eigenvalue weighted by Gasteiger charge is -2.38. The number of nitrogens with zero attached hydrogens (tertiary/aromatic N) is 5. The summed E-state index contributed by atoms with van der Waals surface area (Å²) < 4.78 is 7.31. The van der Waals surface area contributed by atoms with Gasteiger partial charge in [-0.1, -0.05) is 5.16 Å². The molecule has 0 radical (unpaired) electrons. The average Bonchev–Trinajstić information content (AvgIpc) is 3.30. The van der Waals surface area contributed by atoms with Crippen molar-refractivity contribution >= 4 is 5.91 Å². The molecule has 0 aromatic carbocycles. The molecular weight excluding hydrogens is 354 g/mol. The summed E-state index contributed by atoms with van der Waals surface area (Å²) in [6.45, 7) is 10.6. The Morgan fingerprint density at radius 3 is 2.75 bits per heavy atom. The Bertz CT molecular complexity index is 822. The van der Waals surface area contributed by atoms with Gasteiger partial charge in [-0.05, 0) is 53.0 Å². The summed E-state index contributed by atoms with van der Waals surface area (Å²) in [6.07, 6.45) is 8.98. The second-order valence-electron chi connectivity index (χ2n) is 8.34. The van der Waals surface area contributed by atoms with Crippen LogP contribution in [0.2, 0.25) is 0 Å². The second-order valence-corrected chi connectivity index (χ2v) is 8.34. The van der Waals surface area contributed by atoms with Crippen LogP contribution in [-0.2, 0) is 24.4 Å². The zero-order valence-electron chi connectivity index (χ0n) is 17.3. The highest BCUT2D eigenvalue weighted by atomic mass is 16.5. The molecular formula is C21H31N5O2. The van der Waals surface area contributed by atoms with Crippen LogP contribution < -0.4 is 0 Å². The van der Waals surface area contributed by atoms with E-state index in [0.29, 0.717) is 13.0 Å². The van der Waals surface area contributed by atoms with E-state index < -0.39 is 0 Å². The molecule has 0 aliphatic carbocycles. The molecule has 152 valence electrons. The van der Waals surface area contributed by atoms with Crippen LogP contribution in [0.5, 0.6) is 0 Å². The molecule has 0 N–H and O–H groups in total. The van der Waals surface area contributed by atoms with Gasteiger partial charge in [-0.2, -0.15) is 5.10 Å². The zero-order chi connectivity index (χ0) is 19.7. The highest BCUT2D eigenvalue weighted by Crippen LogP contribution is 2.40. The fourth-order valence-electron chi connectivity index (χ4n) is 4.85. The Labute approximate surface area is 166 Å². The van der Waals surface area contributed by atoms with Crippen LogP contribution in [0.1, 0.15) is 61.6 Å². The van der Waals surface area contributed by atoms with Gasteiger partial charge in [-0.3, -0.25) is 14.4 Å². The van der Waals surface area contributed by atoms with Gasteiger partial charge in [0, 0.05) is 48.9 Å². The molecule has 4 rings (SSSR count). The first-order valence-corrected chi connectivity index (χ1v) is 10.5. The zero-order valence-corrected chi connectivity index (χ0v) is 17.3. The third-order valence-corrected chi connectivity index (χ3v) is 6.60. The summed E-state index contributed by atoms with van der Waals surface area (Å²) in [5.74, 6) is 1.10. The fraction of sp³-hybridized carbons (Fsp3) is 0.667. The SMILES string of the molecule is CCn1cc(CN2CCC[C@@]3(CCC(=O)N3Cc3c(C)noc3C)CC2)cn1. The van der Waals surface area contributed by atoms with Gasteiger partial charge in [0.2, 0.25) is 5.91 Å². The predicted molar refractivity (Wildman–Crippen MR) is 106 cm³/mol. The standard InChI is InChI=1S/C21H31N5O2/c1-4-25-14-18(12-22-25)13-24-10-5-7-21(9-11-24)8-6-20(27)26(21)15-19-16(2)23-28-17(19)3/h12,14H,4-11,13,15H2,1-3H3/t21-/m1/s1. The van der Waals surface area contributed by atoms with Crippen LogP contribution in [0.4, 0.5) is 0 Å². The molecule has 28 heavy (non-hydrogen) atoms. The monoisotopic (exact) mass is 385 g/mol. The Morgan fingerprint density at radius 1 is 1.18 bits per heavy atom. The Morgan fingerprint density at radius 2 is 2.04 bits per heavy atom. The van der Waals surface area contributed by atoms with Crippen LogP contribution in [0, 0.1) is 13.8 Å². The maximum Gasteiger partial charge on any atom is 0.223 e. The Kier molecular flexibility index (Phi) is 5.27. The first kappa shape index (κ1) is 19.2. The highest BCUT2D eigenvalue weighted by molar-refractivity contribution is 5.79. The summed E-state index contributed by atoms with van der Waals surface area (Å²) in [6, 6.07) is 0. The van der Waals surface area contributed by atoms with E-state index in [2.05, 4.69) is 33.2 Å². The number of aromatic nitrogens is 3. The molecule has 2 aromatic rings. The fourth-order valence-corrected chi connectivity index (χ4v) is 4.85. The average molecular weight is 386 g/mol. The molecule has 0 saturated carbocycles. The number of aryl methyl sites for hydroxylation is 3. The minimum atomic E-state index is -0.0183. The second kappa shape index (κ2) is 7.70. The summed E-state index contributed by atoms with van der Waals surface area (Å²) in [7, 11) is 0. The lowest BCUT2D eigenvalue weighted by Crippen LogP contribution is -2.46. The van der Waals surface area contributed by atoms with E-state index in [4.69, 9.17) is 4.52 Å². The van der Waals surface area contributed by atoms with Gasteiger partial charge < -0.3 is 9.42 Å². The minimum Gasteiger partial charge on any atom is -0.361 e. The summed E-state index contributed by atoms with van der Waals surface area (Å²) >= 11 is 0. The van der Waals surface area contributed by atoms with E-state index in [9.17, 15) is 4.79 Å². The van der Waals surface area contributed by atoms with Crippen LogP contribution in [0.25, 0.3) is 0 Å². The maximum absolute atomic E-state index is 12.8. The van der Waals surface area contributed by atoms with Crippen molar-refractivity contribution in [2.24, 2.45) is 0 Å². The molecule has 7 heteroatoms. The van der Waals surface area contributed by atoms with Gasteiger partial charge in [0.05, 0.1) is 18.4 Å². The lowest BCUT2D eigenvalue weighted by molar-refractivity contribution is -0.132. The molecule has 0 unspecified atom stereocenters. The Balaban J connectivity index is 1.46. The van der Waals surface area contributed by atoms with Crippen LogP contribution in [-0.4, -0.2) is 49.3 Å². The molecule has 2 saturated heterocycles. The number of carbonyl (C=O) groups is 1. The largest absolute Gasteiger partial charge is 0.361 e. The van der Waals surface area contributed by atoms with E-state index in [1.54, 1.807) is 0 Å². The first-order valence-electron chi connectivity index (χ1n) is 10.5. The van der Waals surface area contributed by atoms with Crippen LogP contribution in [0.3, 0.4) is 0 Å². The number of hydrogen-bond donors (Lipinski definition) is 0. The van der Waals surface area contributed by atoms with Crippen molar-refractivity contribution in [1.29, 1.82) is 0 Å². The highest BCUT2D eigenvalue weighted by Gasteiger charge is 2.46. The molecule has 1 amide bonds. The molecule has 2 aliphatic heterocycles. The van der Waals surface area contributed by atoms with Gasteiger partial charge in [-0.25, -0.2) is 0 Å². The van der Waals surface area contributed by atoms with Gasteiger partial charge in [0.1, 0.15) is 5.76 Å². The van der Waals surface area contributed by atoms with Gasteiger partial charge in [0.15, 0.2) is 0 Å². The third kappa shape index (κ3) is 3.60. The van der Waals surface area contributed by atoms with E-state index in [0.717, 1.165) is 68.9 Å². The van der Waals surface area contributed by atoms with E-state index >= 15 is 0 Å². The summed E-state index contributed by atoms with van der Waals surface area (Å²) in [4.78, 5) is 17.4. The van der Waals surface area contributed by atoms with Gasteiger partial charge in [-0.15, -0.1) is 0 Å². The summed E-state index contributed by atoms with van der Waals surface area (Å²) in [5.41, 5.74) is 3.22. The normalized spacial score (nSPS) is 23.7. The topological polar surface area (TPSA) is 67.4 Å². The number of likely N-dealkylation sites (tertiary alicyclic amines) is 2. The van der Waals surface area contributed by atoms with Crippen molar-refractivity contribution in [3.8, 4) is 0 Å². The van der Waals surface area contributed by atoms with Crippen molar-refractivity contribution in [2.45, 2.75) is 78.0 Å². The number of rotatable bonds is 5. The van der Waals surface area contributed by atoms with E-state index in [1.165, 1.54) is 5.56 Å². The molecule has 1 spiro atoms. The smallest absolute Gasteiger partial charge is 0.223 e. The molecule has 1 atom stereocenters. The molecule has 2 aliphatic rings. The maximum atomic E-state index is 12.8. The number of carbonyl (C=O) groups excluding carboxylic acids is 1. The molecule has 2 aromatic heterocycles. The first-order chi connectivity index (χ1) is 13.5. The van der Waals surface area contributed by atoms with Gasteiger partial charge in [0.25, 0.3) is 0 Å². The van der Waals surface area contributed by atoms with Crippen molar-refractivity contribution in [3.63, 3.8) is 0 Å². The van der Waals surface area contributed by atoms with Crippen LogP contribution >= 0.6 is 0 Å². The van der Waals surface area contributed by atoms with E-state index in [1.807, 2.05) is 24.7 Å². The van der Waals surface area contributed by atoms with E-state index in [-0.39, 0.29) is 11.4 Å². The lowest BCUT2D eigenvalue weighted by atomic mass is 9.87. The molecule has 2 fully saturated rings. The minimum absolute atomic E-state index is 0.0183. The molecule has 4 heterocycles. The molecule has 0 bridgehead atoms. The Hall–Kier alpha value is -2.15. The number of hydrogen-bond acceptors (Lipinski definition) is 5. The van der Waals surface area contributed by atoms with Crippen molar-refractivity contribution < 1.29 is 9.32 Å². The predicted octanol–water partition coefficient (Wildman–Crippen LogP) is 3.06. The third-order valence-electron chi connectivity index (χ3n) is 6.60. The number of amides is 1. The van der Waals surface area contributed by atoms with Crippen molar-refractivity contribution in [2.75, 3.05) is 13.1 Å². The van der Waals surface area contributed by atoms with Crippen molar-refractivity contribution in [3.05, 3.63) is 35.0 Å². The van der Waals surface area contributed by atoms with Crippen molar-refractivity contribution in [1.82, 2.24) is 24.7 Å². The summed E-state index contributed by atoms with van der Waals surface area (Å²) in [5, 5.41) is 8.47.